The summed E-state index contributed by atoms with van der Waals surface area (Å²) in [5.41, 5.74) is 4.71. The second-order valence-electron chi connectivity index (χ2n) is 6.98. The van der Waals surface area contributed by atoms with E-state index in [4.69, 9.17) is 9.40 Å². The van der Waals surface area contributed by atoms with Crippen molar-refractivity contribution >= 4 is 5.65 Å². The highest BCUT2D eigenvalue weighted by Crippen LogP contribution is 2.33. The number of benzene rings is 1. The Morgan fingerprint density at radius 3 is 2.74 bits per heavy atom. The molecule has 1 aromatic carbocycles. The van der Waals surface area contributed by atoms with Gasteiger partial charge in [-0.25, -0.2) is 4.98 Å². The van der Waals surface area contributed by atoms with Crippen molar-refractivity contribution in [2.75, 3.05) is 0 Å². The van der Waals surface area contributed by atoms with Crippen LogP contribution in [-0.4, -0.2) is 24.5 Å². The van der Waals surface area contributed by atoms with E-state index in [2.05, 4.69) is 50.0 Å². The summed E-state index contributed by atoms with van der Waals surface area (Å²) >= 11 is 0. The zero-order chi connectivity index (χ0) is 18.2. The van der Waals surface area contributed by atoms with Gasteiger partial charge in [-0.3, -0.25) is 4.90 Å². The summed E-state index contributed by atoms with van der Waals surface area (Å²) in [4.78, 5) is 7.15. The van der Waals surface area contributed by atoms with Crippen LogP contribution in [0.4, 0.5) is 0 Å². The summed E-state index contributed by atoms with van der Waals surface area (Å²) in [5, 5.41) is 8.51. The lowest BCUT2D eigenvalue weighted by Gasteiger charge is -2.34. The number of fused-ring (bicyclic) bond motifs is 2. The Morgan fingerprint density at radius 1 is 1.07 bits per heavy atom. The Labute approximate surface area is 157 Å². The molecule has 0 N–H and O–H groups in total. The number of aromatic nitrogens is 4. The van der Waals surface area contributed by atoms with Gasteiger partial charge in [-0.05, 0) is 29.7 Å². The lowest BCUT2D eigenvalue weighted by molar-refractivity contribution is 0.135. The number of aryl methyl sites for hydroxylation is 1. The van der Waals surface area contributed by atoms with Crippen LogP contribution in [0.5, 0.6) is 0 Å². The molecule has 3 aromatic heterocycles. The summed E-state index contributed by atoms with van der Waals surface area (Å²) in [7, 11) is 0. The summed E-state index contributed by atoms with van der Waals surface area (Å²) in [6.45, 7) is 3.62. The SMILES string of the molecule is CCc1nnc([C@H]2Cc3ccccc3CN2Cc2cn3ccccc3n2)o1. The molecule has 136 valence electrons. The van der Waals surface area contributed by atoms with Crippen molar-refractivity contribution in [2.24, 2.45) is 0 Å². The third-order valence-corrected chi connectivity index (χ3v) is 5.19. The van der Waals surface area contributed by atoms with E-state index in [1.807, 2.05) is 31.3 Å². The van der Waals surface area contributed by atoms with Crippen molar-refractivity contribution in [3.05, 3.63) is 83.5 Å². The Balaban J connectivity index is 1.50. The minimum atomic E-state index is 0.0671. The van der Waals surface area contributed by atoms with Gasteiger partial charge in [0.05, 0.1) is 11.7 Å². The van der Waals surface area contributed by atoms with E-state index in [1.54, 1.807) is 0 Å². The maximum atomic E-state index is 5.92. The van der Waals surface area contributed by atoms with Gasteiger partial charge in [-0.1, -0.05) is 37.3 Å². The van der Waals surface area contributed by atoms with Gasteiger partial charge in [0.2, 0.25) is 11.8 Å². The predicted octanol–water partition coefficient (Wildman–Crippen LogP) is 3.58. The maximum Gasteiger partial charge on any atom is 0.233 e. The first-order chi connectivity index (χ1) is 13.3. The molecule has 5 rings (SSSR count). The Bertz CT molecular complexity index is 1050. The van der Waals surface area contributed by atoms with Gasteiger partial charge in [0, 0.05) is 31.9 Å². The van der Waals surface area contributed by atoms with Crippen LogP contribution in [0.3, 0.4) is 0 Å². The van der Waals surface area contributed by atoms with Crippen molar-refractivity contribution in [3.8, 4) is 0 Å². The minimum absolute atomic E-state index is 0.0671. The van der Waals surface area contributed by atoms with Crippen LogP contribution in [-0.2, 0) is 25.9 Å². The Kier molecular flexibility index (Phi) is 3.98. The van der Waals surface area contributed by atoms with E-state index in [-0.39, 0.29) is 6.04 Å². The van der Waals surface area contributed by atoms with Gasteiger partial charge in [-0.2, -0.15) is 0 Å². The highest BCUT2D eigenvalue weighted by atomic mass is 16.4. The molecule has 4 heterocycles. The fourth-order valence-electron chi connectivity index (χ4n) is 3.80. The molecule has 0 aliphatic carbocycles. The summed E-state index contributed by atoms with van der Waals surface area (Å²) in [6, 6.07) is 14.7. The molecular weight excluding hydrogens is 338 g/mol. The number of hydrogen-bond acceptors (Lipinski definition) is 5. The molecule has 0 spiro atoms. The normalized spacial score (nSPS) is 17.3. The third kappa shape index (κ3) is 3.02. The lowest BCUT2D eigenvalue weighted by atomic mass is 9.94. The van der Waals surface area contributed by atoms with E-state index in [1.165, 1.54) is 11.1 Å². The van der Waals surface area contributed by atoms with Crippen molar-refractivity contribution in [2.45, 2.75) is 38.9 Å². The molecule has 0 bridgehead atoms. The van der Waals surface area contributed by atoms with Crippen LogP contribution < -0.4 is 0 Å². The number of hydrogen-bond donors (Lipinski definition) is 0. The number of nitrogens with zero attached hydrogens (tertiary/aromatic N) is 5. The fraction of sp³-hybridized carbons (Fsp3) is 0.286. The summed E-state index contributed by atoms with van der Waals surface area (Å²) in [5.74, 6) is 1.39. The molecule has 4 aromatic rings. The maximum absolute atomic E-state index is 5.92. The highest BCUT2D eigenvalue weighted by Gasteiger charge is 2.31. The first-order valence-electron chi connectivity index (χ1n) is 9.36. The minimum Gasteiger partial charge on any atom is -0.424 e. The van der Waals surface area contributed by atoms with E-state index in [0.717, 1.165) is 37.3 Å². The topological polar surface area (TPSA) is 59.5 Å². The fourth-order valence-corrected chi connectivity index (χ4v) is 3.80. The second-order valence-corrected chi connectivity index (χ2v) is 6.98. The molecule has 0 saturated carbocycles. The number of rotatable bonds is 4. The van der Waals surface area contributed by atoms with Gasteiger partial charge in [0.1, 0.15) is 5.65 Å². The zero-order valence-electron chi connectivity index (χ0n) is 15.2. The van der Waals surface area contributed by atoms with E-state index in [0.29, 0.717) is 11.8 Å². The van der Waals surface area contributed by atoms with Gasteiger partial charge < -0.3 is 8.82 Å². The highest BCUT2D eigenvalue weighted by molar-refractivity contribution is 5.39. The molecule has 27 heavy (non-hydrogen) atoms. The average Bonchev–Trinajstić information content (AvgIpc) is 3.33. The molecule has 0 fully saturated rings. The first kappa shape index (κ1) is 16.2. The van der Waals surface area contributed by atoms with Crippen molar-refractivity contribution < 1.29 is 4.42 Å². The average molecular weight is 359 g/mol. The molecule has 0 amide bonds. The molecule has 6 heteroatoms. The monoisotopic (exact) mass is 359 g/mol. The molecule has 1 aliphatic rings. The van der Waals surface area contributed by atoms with E-state index in [9.17, 15) is 0 Å². The smallest absolute Gasteiger partial charge is 0.233 e. The molecule has 6 nitrogen and oxygen atoms in total. The van der Waals surface area contributed by atoms with Crippen molar-refractivity contribution in [1.82, 2.24) is 24.5 Å². The molecule has 1 atom stereocenters. The van der Waals surface area contributed by atoms with Gasteiger partial charge in [0.25, 0.3) is 0 Å². The van der Waals surface area contributed by atoms with Crippen LogP contribution in [0.15, 0.2) is 59.3 Å². The quantitative estimate of drug-likeness (QED) is 0.557. The molecular formula is C21H21N5O. The van der Waals surface area contributed by atoms with Crippen LogP contribution in [0.2, 0.25) is 0 Å². The Hall–Kier alpha value is -2.99. The number of imidazole rings is 1. The van der Waals surface area contributed by atoms with Gasteiger partial charge in [0.15, 0.2) is 0 Å². The van der Waals surface area contributed by atoms with Gasteiger partial charge in [-0.15, -0.1) is 10.2 Å². The summed E-state index contributed by atoms with van der Waals surface area (Å²) in [6.07, 6.45) is 5.75. The van der Waals surface area contributed by atoms with Crippen LogP contribution >= 0.6 is 0 Å². The van der Waals surface area contributed by atoms with Crippen molar-refractivity contribution in [1.29, 1.82) is 0 Å². The standard InChI is InChI=1S/C21H21N5O/c1-2-20-23-24-21(27-20)18-11-15-7-3-4-8-16(15)12-26(18)14-17-13-25-10-6-5-9-19(25)22-17/h3-10,13,18H,2,11-12,14H2,1H3/t18-/m1/s1. The molecule has 0 radical (unpaired) electrons. The third-order valence-electron chi connectivity index (χ3n) is 5.19. The number of pyridine rings is 1. The van der Waals surface area contributed by atoms with E-state index >= 15 is 0 Å². The molecule has 1 aliphatic heterocycles. The lowest BCUT2D eigenvalue weighted by Crippen LogP contribution is -2.34. The zero-order valence-corrected chi connectivity index (χ0v) is 15.2. The van der Waals surface area contributed by atoms with Crippen LogP contribution in [0, 0.1) is 0 Å². The molecule has 0 saturated heterocycles. The van der Waals surface area contributed by atoms with Gasteiger partial charge >= 0.3 is 0 Å². The Morgan fingerprint density at radius 2 is 1.93 bits per heavy atom. The van der Waals surface area contributed by atoms with E-state index < -0.39 is 0 Å². The molecule has 0 unspecified atom stereocenters. The summed E-state index contributed by atoms with van der Waals surface area (Å²) < 4.78 is 7.98. The first-order valence-corrected chi connectivity index (χ1v) is 9.36. The largest absolute Gasteiger partial charge is 0.424 e. The van der Waals surface area contributed by atoms with Crippen LogP contribution in [0.25, 0.3) is 5.65 Å². The van der Waals surface area contributed by atoms with Crippen molar-refractivity contribution in [3.63, 3.8) is 0 Å². The van der Waals surface area contributed by atoms with Crippen LogP contribution in [0.1, 0.15) is 41.6 Å². The predicted molar refractivity (Wildman–Crippen MR) is 101 cm³/mol. The second kappa shape index (κ2) is 6.63.